The molecule has 0 radical (unpaired) electrons. The van der Waals surface area contributed by atoms with E-state index in [1.807, 2.05) is 0 Å². The molecular formula is C19H39IN4O. The highest BCUT2D eigenvalue weighted by atomic mass is 127. The average molecular weight is 466 g/mol. The molecule has 1 aliphatic carbocycles. The van der Waals surface area contributed by atoms with E-state index in [1.165, 1.54) is 32.5 Å². The summed E-state index contributed by atoms with van der Waals surface area (Å²) in [6, 6.07) is 0.454. The van der Waals surface area contributed by atoms with Crippen molar-refractivity contribution in [3.63, 3.8) is 0 Å². The molecule has 1 saturated heterocycles. The number of halogens is 1. The summed E-state index contributed by atoms with van der Waals surface area (Å²) >= 11 is 0. The minimum atomic E-state index is -0.100. The monoisotopic (exact) mass is 466 g/mol. The zero-order valence-electron chi connectivity index (χ0n) is 16.3. The number of rotatable bonds is 6. The number of hydrogen-bond donors (Lipinski definition) is 3. The Hall–Kier alpha value is -0.0800. The number of likely N-dealkylation sites (tertiary alicyclic amines) is 1. The number of hydrogen-bond acceptors (Lipinski definition) is 3. The van der Waals surface area contributed by atoms with Crippen molar-refractivity contribution in [1.29, 1.82) is 0 Å². The fourth-order valence-corrected chi connectivity index (χ4v) is 3.94. The molecule has 0 aromatic carbocycles. The Labute approximate surface area is 171 Å². The molecule has 5 nitrogen and oxygen atoms in total. The molecule has 1 unspecified atom stereocenters. The molecule has 0 bridgehead atoms. The third-order valence-electron chi connectivity index (χ3n) is 5.12. The van der Waals surface area contributed by atoms with Crippen molar-refractivity contribution in [1.82, 2.24) is 15.5 Å². The quantitative estimate of drug-likeness (QED) is 0.320. The lowest BCUT2D eigenvalue weighted by Crippen LogP contribution is -2.46. The van der Waals surface area contributed by atoms with E-state index in [1.54, 1.807) is 0 Å². The number of guanidine groups is 1. The molecule has 0 amide bonds. The van der Waals surface area contributed by atoms with Crippen molar-refractivity contribution in [3.8, 4) is 0 Å². The molecule has 0 aromatic heterocycles. The van der Waals surface area contributed by atoms with Gasteiger partial charge in [-0.15, -0.1) is 24.0 Å². The lowest BCUT2D eigenvalue weighted by molar-refractivity contribution is 0.120. The van der Waals surface area contributed by atoms with E-state index in [4.69, 9.17) is 4.99 Å². The highest BCUT2D eigenvalue weighted by molar-refractivity contribution is 14.0. The first kappa shape index (κ1) is 23.0. The molecule has 25 heavy (non-hydrogen) atoms. The van der Waals surface area contributed by atoms with Crippen LogP contribution in [0.4, 0.5) is 0 Å². The Bertz CT molecular complexity index is 384. The predicted molar refractivity (Wildman–Crippen MR) is 117 cm³/mol. The average Bonchev–Trinajstić information content (AvgIpc) is 2.55. The van der Waals surface area contributed by atoms with Gasteiger partial charge in [0.2, 0.25) is 0 Å². The molecule has 148 valence electrons. The molecule has 6 heteroatoms. The largest absolute Gasteiger partial charge is 0.393 e. The number of aliphatic imine (C=N–C) groups is 1. The smallest absolute Gasteiger partial charge is 0.191 e. The second-order valence-corrected chi connectivity index (χ2v) is 8.03. The highest BCUT2D eigenvalue weighted by Crippen LogP contribution is 2.19. The molecule has 2 fully saturated rings. The van der Waals surface area contributed by atoms with Gasteiger partial charge in [0.05, 0.1) is 6.10 Å². The van der Waals surface area contributed by atoms with Crippen LogP contribution in [0.5, 0.6) is 0 Å². The number of piperidine rings is 1. The van der Waals surface area contributed by atoms with E-state index in [-0.39, 0.29) is 30.1 Å². The van der Waals surface area contributed by atoms with Gasteiger partial charge in [-0.3, -0.25) is 4.99 Å². The van der Waals surface area contributed by atoms with Crippen molar-refractivity contribution in [2.75, 3.05) is 32.7 Å². The summed E-state index contributed by atoms with van der Waals surface area (Å²) in [6.45, 7) is 12.2. The zero-order valence-corrected chi connectivity index (χ0v) is 18.7. The molecule has 1 atom stereocenters. The van der Waals surface area contributed by atoms with Gasteiger partial charge >= 0.3 is 0 Å². The molecule has 2 rings (SSSR count). The maximum absolute atomic E-state index is 9.65. The van der Waals surface area contributed by atoms with Crippen LogP contribution in [0.2, 0.25) is 0 Å². The van der Waals surface area contributed by atoms with Crippen molar-refractivity contribution < 1.29 is 5.11 Å². The minimum Gasteiger partial charge on any atom is -0.393 e. The van der Waals surface area contributed by atoms with Gasteiger partial charge in [-0.25, -0.2) is 0 Å². The van der Waals surface area contributed by atoms with Gasteiger partial charge < -0.3 is 20.6 Å². The zero-order chi connectivity index (χ0) is 17.4. The molecule has 1 heterocycles. The van der Waals surface area contributed by atoms with Crippen molar-refractivity contribution in [2.24, 2.45) is 16.8 Å². The maximum atomic E-state index is 9.65. The van der Waals surface area contributed by atoms with Crippen LogP contribution in [-0.4, -0.2) is 60.8 Å². The summed E-state index contributed by atoms with van der Waals surface area (Å²) in [5, 5.41) is 16.6. The van der Waals surface area contributed by atoms with Crippen molar-refractivity contribution in [3.05, 3.63) is 0 Å². The van der Waals surface area contributed by atoms with Crippen LogP contribution in [0.3, 0.4) is 0 Å². The van der Waals surface area contributed by atoms with Gasteiger partial charge in [-0.2, -0.15) is 0 Å². The van der Waals surface area contributed by atoms with Crippen LogP contribution < -0.4 is 10.6 Å². The fourth-order valence-electron chi connectivity index (χ4n) is 3.94. The standard InChI is InChI=1S/C19H38N4O.HI/c1-4-20-19(22-17-7-9-18(24)10-8-17)21-12-16-6-5-11-23(14-16)13-15(2)3;/h15-18,24H,4-14H2,1-3H3,(H2,20,21,22);1H. The predicted octanol–water partition coefficient (Wildman–Crippen LogP) is 2.83. The number of nitrogens with zero attached hydrogens (tertiary/aromatic N) is 2. The third-order valence-corrected chi connectivity index (χ3v) is 5.12. The summed E-state index contributed by atoms with van der Waals surface area (Å²) in [6.07, 6.45) is 6.39. The number of aliphatic hydroxyl groups is 1. The van der Waals surface area contributed by atoms with E-state index in [9.17, 15) is 5.11 Å². The van der Waals surface area contributed by atoms with Crippen LogP contribution in [0.15, 0.2) is 4.99 Å². The van der Waals surface area contributed by atoms with E-state index >= 15 is 0 Å². The molecular weight excluding hydrogens is 427 g/mol. The van der Waals surface area contributed by atoms with Crippen molar-refractivity contribution >= 4 is 29.9 Å². The van der Waals surface area contributed by atoms with Crippen LogP contribution in [0, 0.1) is 11.8 Å². The van der Waals surface area contributed by atoms with Crippen LogP contribution in [-0.2, 0) is 0 Å². The third kappa shape index (κ3) is 8.91. The van der Waals surface area contributed by atoms with Gasteiger partial charge in [0, 0.05) is 32.2 Å². The van der Waals surface area contributed by atoms with Crippen LogP contribution in [0.25, 0.3) is 0 Å². The maximum Gasteiger partial charge on any atom is 0.191 e. The van der Waals surface area contributed by atoms with Gasteiger partial charge in [-0.1, -0.05) is 13.8 Å². The van der Waals surface area contributed by atoms with Crippen LogP contribution >= 0.6 is 24.0 Å². The Balaban J connectivity index is 0.00000312. The fraction of sp³-hybridized carbons (Fsp3) is 0.947. The van der Waals surface area contributed by atoms with Gasteiger partial charge in [0.1, 0.15) is 0 Å². The Morgan fingerprint density at radius 1 is 1.20 bits per heavy atom. The second kappa shape index (κ2) is 12.3. The molecule has 1 saturated carbocycles. The first-order valence-electron chi connectivity index (χ1n) is 10.0. The Morgan fingerprint density at radius 3 is 2.56 bits per heavy atom. The van der Waals surface area contributed by atoms with Gasteiger partial charge in [0.15, 0.2) is 5.96 Å². The minimum absolute atomic E-state index is 0. The molecule has 2 aliphatic rings. The molecule has 3 N–H and O–H groups in total. The molecule has 0 spiro atoms. The first-order chi connectivity index (χ1) is 11.6. The Morgan fingerprint density at radius 2 is 1.92 bits per heavy atom. The van der Waals surface area contributed by atoms with Gasteiger partial charge in [-0.05, 0) is 63.8 Å². The number of nitrogens with one attached hydrogen (secondary N) is 2. The first-order valence-corrected chi connectivity index (χ1v) is 10.0. The molecule has 1 aliphatic heterocycles. The topological polar surface area (TPSA) is 59.9 Å². The Kier molecular flexibility index (Phi) is 11.3. The second-order valence-electron chi connectivity index (χ2n) is 8.03. The summed E-state index contributed by atoms with van der Waals surface area (Å²) in [4.78, 5) is 7.48. The summed E-state index contributed by atoms with van der Waals surface area (Å²) < 4.78 is 0. The summed E-state index contributed by atoms with van der Waals surface area (Å²) in [7, 11) is 0. The van der Waals surface area contributed by atoms with E-state index < -0.39 is 0 Å². The lowest BCUT2D eigenvalue weighted by Gasteiger charge is -2.33. The SMILES string of the molecule is CCNC(=NCC1CCCN(CC(C)C)C1)NC1CCC(O)CC1.I. The van der Waals surface area contributed by atoms with E-state index in [2.05, 4.69) is 36.3 Å². The normalized spacial score (nSPS) is 28.5. The van der Waals surface area contributed by atoms with Gasteiger partial charge in [0.25, 0.3) is 0 Å². The van der Waals surface area contributed by atoms with Crippen LogP contribution in [0.1, 0.15) is 59.3 Å². The molecule has 0 aromatic rings. The van der Waals surface area contributed by atoms with E-state index in [0.717, 1.165) is 50.7 Å². The number of aliphatic hydroxyl groups excluding tert-OH is 1. The summed E-state index contributed by atoms with van der Waals surface area (Å²) in [5.74, 6) is 2.38. The lowest BCUT2D eigenvalue weighted by atomic mass is 9.93. The summed E-state index contributed by atoms with van der Waals surface area (Å²) in [5.41, 5.74) is 0. The highest BCUT2D eigenvalue weighted by Gasteiger charge is 2.22. The van der Waals surface area contributed by atoms with E-state index in [0.29, 0.717) is 12.0 Å². The van der Waals surface area contributed by atoms with Crippen molar-refractivity contribution in [2.45, 2.75) is 71.4 Å².